The van der Waals surface area contributed by atoms with Crippen molar-refractivity contribution in [1.82, 2.24) is 35.8 Å². The van der Waals surface area contributed by atoms with E-state index in [1.165, 1.54) is 4.90 Å². The van der Waals surface area contributed by atoms with E-state index in [9.17, 15) is 24.2 Å². The molecule has 1 aromatic carbocycles. The summed E-state index contributed by atoms with van der Waals surface area (Å²) in [6.07, 6.45) is 4.98. The molecule has 3 aliphatic heterocycles. The van der Waals surface area contributed by atoms with E-state index in [0.717, 1.165) is 75.3 Å². The van der Waals surface area contributed by atoms with E-state index in [-0.39, 0.29) is 17.8 Å². The Morgan fingerprint density at radius 1 is 0.582 bits per heavy atom. The molecule has 0 spiro atoms. The molecule has 3 aliphatic rings. The molecule has 11 nitrogen and oxygen atoms in total. The lowest BCUT2D eigenvalue weighted by Gasteiger charge is -2.40. The molecule has 0 unspecified atom stereocenters. The summed E-state index contributed by atoms with van der Waals surface area (Å²) in [5, 5.41) is 14.2. The zero-order valence-corrected chi connectivity index (χ0v) is 33.2. The number of hydrogen-bond acceptors (Lipinski definition) is 9. The first-order valence-corrected chi connectivity index (χ1v) is 20.5. The molecule has 3 saturated heterocycles. The largest absolute Gasteiger partial charge is 0.353 e. The van der Waals surface area contributed by atoms with E-state index in [1.807, 2.05) is 17.0 Å². The van der Waals surface area contributed by atoms with Gasteiger partial charge in [-0.25, -0.2) is 19.7 Å². The second-order valence-electron chi connectivity index (χ2n) is 12.0. The topological polar surface area (TPSA) is 114 Å². The van der Waals surface area contributed by atoms with Gasteiger partial charge < -0.3 is 36.0 Å². The minimum atomic E-state index is -9.73. The van der Waals surface area contributed by atoms with Gasteiger partial charge in [-0.3, -0.25) is 0 Å². The summed E-state index contributed by atoms with van der Waals surface area (Å²) in [7, 11) is -9.73. The molecule has 3 aromatic heterocycles. The lowest BCUT2D eigenvalue weighted by Crippen LogP contribution is -2.50. The fourth-order valence-corrected chi connectivity index (χ4v) is 6.56. The van der Waals surface area contributed by atoms with Crippen LogP contribution in [0.5, 0.6) is 0 Å². The number of aromatic nitrogens is 3. The van der Waals surface area contributed by atoms with E-state index in [2.05, 4.69) is 41.1 Å². The van der Waals surface area contributed by atoms with Crippen LogP contribution < -0.4 is 31.1 Å². The molecule has 0 saturated carbocycles. The maximum absolute atomic E-state index is 12.7. The molecular formula is C34H41Cl4F5N10OS. The molecule has 7 rings (SSSR count). The molecule has 2 amide bonds. The molecule has 0 bridgehead atoms. The maximum atomic E-state index is 12.7. The molecule has 4 aromatic rings. The SMILES string of the molecule is C1CNCCN1.Clc1cccnc1Cl.Clc1cccnc1N1CCNCC1.O=C(Nc1ccc(S(F)(F)(F)(F)F)cc1)N1CCN(c2ncccc2Cl)CC1. The number of nitrogens with zero attached hydrogens (tertiary/aromatic N) is 6. The molecule has 0 radical (unpaired) electrons. The minimum absolute atomic E-state index is 0.00852. The van der Waals surface area contributed by atoms with Crippen LogP contribution in [-0.4, -0.2) is 104 Å². The molecule has 0 atom stereocenters. The fraction of sp³-hybridized carbons (Fsp3) is 0.353. The highest BCUT2D eigenvalue weighted by Gasteiger charge is 2.65. The molecule has 55 heavy (non-hydrogen) atoms. The van der Waals surface area contributed by atoms with Crippen molar-refractivity contribution in [2.24, 2.45) is 0 Å². The third-order valence-electron chi connectivity index (χ3n) is 7.98. The number of rotatable bonds is 4. The van der Waals surface area contributed by atoms with Gasteiger partial charge in [0.1, 0.15) is 21.7 Å². The van der Waals surface area contributed by atoms with Crippen molar-refractivity contribution in [3.05, 3.63) is 99.5 Å². The predicted octanol–water partition coefficient (Wildman–Crippen LogP) is 8.46. The van der Waals surface area contributed by atoms with Gasteiger partial charge in [0.2, 0.25) is 0 Å². The Morgan fingerprint density at radius 3 is 1.42 bits per heavy atom. The summed E-state index contributed by atoms with van der Waals surface area (Å²) in [6.45, 7) is 10.1. The first-order valence-electron chi connectivity index (χ1n) is 17.0. The number of piperazine rings is 3. The fourth-order valence-electron chi connectivity index (χ4n) is 5.19. The predicted molar refractivity (Wildman–Crippen MR) is 214 cm³/mol. The second kappa shape index (κ2) is 19.6. The molecule has 302 valence electrons. The van der Waals surface area contributed by atoms with Crippen LogP contribution in [0.4, 0.5) is 41.5 Å². The Balaban J connectivity index is 0.000000202. The number of anilines is 3. The summed E-state index contributed by atoms with van der Waals surface area (Å²) in [6, 6.07) is 12.2. The van der Waals surface area contributed by atoms with E-state index in [1.54, 1.807) is 42.9 Å². The van der Waals surface area contributed by atoms with Crippen LogP contribution in [0.15, 0.2) is 84.1 Å². The van der Waals surface area contributed by atoms with Crippen molar-refractivity contribution in [2.75, 3.05) is 93.7 Å². The molecule has 0 aliphatic carbocycles. The van der Waals surface area contributed by atoms with Crippen LogP contribution in [0, 0.1) is 0 Å². The van der Waals surface area contributed by atoms with Gasteiger partial charge in [-0.15, -0.1) is 0 Å². The lowest BCUT2D eigenvalue weighted by molar-refractivity contribution is 0.208. The van der Waals surface area contributed by atoms with Crippen molar-refractivity contribution in [2.45, 2.75) is 4.90 Å². The Morgan fingerprint density at radius 2 is 1.02 bits per heavy atom. The van der Waals surface area contributed by atoms with Crippen molar-refractivity contribution >= 4 is 80.0 Å². The zero-order chi connectivity index (χ0) is 40.0. The van der Waals surface area contributed by atoms with Gasteiger partial charge in [0.05, 0.1) is 15.1 Å². The second-order valence-corrected chi connectivity index (χ2v) is 16.0. The maximum Gasteiger partial charge on any atom is 0.321 e. The summed E-state index contributed by atoms with van der Waals surface area (Å²) in [5.74, 6) is 1.52. The van der Waals surface area contributed by atoms with E-state index < -0.39 is 21.2 Å². The van der Waals surface area contributed by atoms with Gasteiger partial charge in [-0.1, -0.05) is 65.8 Å². The standard InChI is InChI=1S/C16H16ClF5N4OS.C9H12ClN3.C5H3Cl2N.C4H10N2/c17-14-2-1-7-23-15(14)25-8-10-26(11-9-25)16(27)24-12-3-5-13(6-4-12)28(18,19,20,21)22;10-8-2-1-3-12-9(8)13-6-4-11-5-7-13;6-4-2-1-3-8-5(4)7;1-2-6-4-3-5-1/h1-7H,8-11H2,(H,24,27);1-3,11H,4-7H2;1-3H;5-6H,1-4H2. The number of hydrogen-bond donors (Lipinski definition) is 4. The highest BCUT2D eigenvalue weighted by Crippen LogP contribution is 3.02. The van der Waals surface area contributed by atoms with Crippen LogP contribution in [0.3, 0.4) is 0 Å². The van der Waals surface area contributed by atoms with E-state index in [4.69, 9.17) is 46.4 Å². The third kappa shape index (κ3) is 14.9. The average Bonchev–Trinajstić information content (AvgIpc) is 3.18. The number of nitrogens with one attached hydrogen (secondary N) is 4. The van der Waals surface area contributed by atoms with Gasteiger partial charge in [0.15, 0.2) is 0 Å². The number of carbonyl (C=O) groups excluding carboxylic acids is 1. The van der Waals surface area contributed by atoms with Crippen LogP contribution in [0.25, 0.3) is 0 Å². The number of urea groups is 1. The average molecular weight is 875 g/mol. The smallest absolute Gasteiger partial charge is 0.321 e. The van der Waals surface area contributed by atoms with Crippen molar-refractivity contribution in [3.63, 3.8) is 0 Å². The highest BCUT2D eigenvalue weighted by atomic mass is 35.5. The summed E-state index contributed by atoms with van der Waals surface area (Å²) < 4.78 is 63.6. The molecule has 3 fully saturated rings. The number of amides is 2. The number of benzene rings is 1. The first kappa shape index (κ1) is 44.3. The Hall–Kier alpha value is -3.42. The monoisotopic (exact) mass is 872 g/mol. The quantitative estimate of drug-likeness (QED) is 0.119. The molecule has 21 heteroatoms. The van der Waals surface area contributed by atoms with Crippen molar-refractivity contribution in [3.8, 4) is 0 Å². The molecule has 4 N–H and O–H groups in total. The number of halogens is 9. The van der Waals surface area contributed by atoms with Crippen LogP contribution >= 0.6 is 56.6 Å². The van der Waals surface area contributed by atoms with Crippen molar-refractivity contribution < 1.29 is 24.2 Å². The zero-order valence-electron chi connectivity index (χ0n) is 29.4. The molecule has 6 heterocycles. The summed E-state index contributed by atoms with van der Waals surface area (Å²) in [4.78, 5) is 28.0. The number of carbonyl (C=O) groups is 1. The van der Waals surface area contributed by atoms with Crippen LogP contribution in [-0.2, 0) is 0 Å². The van der Waals surface area contributed by atoms with Crippen LogP contribution in [0.2, 0.25) is 20.2 Å². The Bertz CT molecular complexity index is 1790. The van der Waals surface area contributed by atoms with Gasteiger partial charge in [0.25, 0.3) is 0 Å². The van der Waals surface area contributed by atoms with Gasteiger partial charge in [0, 0.05) is 103 Å². The van der Waals surface area contributed by atoms with Gasteiger partial charge in [-0.2, -0.15) is 0 Å². The third-order valence-corrected chi connectivity index (χ3v) is 10.4. The van der Waals surface area contributed by atoms with Crippen LogP contribution in [0.1, 0.15) is 0 Å². The minimum Gasteiger partial charge on any atom is -0.353 e. The highest BCUT2D eigenvalue weighted by molar-refractivity contribution is 8.45. The number of pyridine rings is 3. The Kier molecular flexibility index (Phi) is 15.8. The van der Waals surface area contributed by atoms with Gasteiger partial charge in [-0.05, 0) is 60.7 Å². The van der Waals surface area contributed by atoms with E-state index >= 15 is 0 Å². The molecular weight excluding hydrogens is 833 g/mol. The normalized spacial score (nSPS) is 17.1. The first-order chi connectivity index (χ1) is 26.0. The van der Waals surface area contributed by atoms with Crippen molar-refractivity contribution in [1.29, 1.82) is 0 Å². The summed E-state index contributed by atoms with van der Waals surface area (Å²) >= 11 is 23.1. The Labute approximate surface area is 336 Å². The van der Waals surface area contributed by atoms with Gasteiger partial charge >= 0.3 is 16.3 Å². The summed E-state index contributed by atoms with van der Waals surface area (Å²) in [5.41, 5.74) is -0.00852. The van der Waals surface area contributed by atoms with E-state index in [0.29, 0.717) is 47.2 Å². The lowest BCUT2D eigenvalue weighted by atomic mass is 10.3.